The van der Waals surface area contributed by atoms with Gasteiger partial charge in [0.15, 0.2) is 11.5 Å². The first-order chi connectivity index (χ1) is 19.1. The first kappa shape index (κ1) is 26.9. The number of hydrogen-bond acceptors (Lipinski definition) is 5. The van der Waals surface area contributed by atoms with Crippen LogP contribution in [0.2, 0.25) is 0 Å². The minimum absolute atomic E-state index is 0.0731. The van der Waals surface area contributed by atoms with Crippen LogP contribution in [-0.4, -0.2) is 68.4 Å². The number of rotatable bonds is 6. The van der Waals surface area contributed by atoms with Crippen LogP contribution in [0.1, 0.15) is 65.1 Å². The summed E-state index contributed by atoms with van der Waals surface area (Å²) in [6, 6.07) is 13.1. The molecule has 7 nitrogen and oxygen atoms in total. The number of halogens is 3. The highest BCUT2D eigenvalue weighted by atomic mass is 19.4. The molecule has 4 heterocycles. The smallest absolute Gasteiger partial charge is 0.338 e. The van der Waals surface area contributed by atoms with E-state index in [9.17, 15) is 18.0 Å². The third-order valence-electron chi connectivity index (χ3n) is 9.37. The Labute approximate surface area is 232 Å². The minimum atomic E-state index is -4.56. The third-order valence-corrected chi connectivity index (χ3v) is 9.37. The molecule has 3 fully saturated rings. The lowest BCUT2D eigenvalue weighted by Gasteiger charge is -2.32. The molecule has 1 aliphatic carbocycles. The Hall–Kier alpha value is -3.27. The molecule has 1 amide bonds. The third kappa shape index (κ3) is 4.91. The quantitative estimate of drug-likeness (QED) is 0.421. The van der Waals surface area contributed by atoms with Crippen molar-refractivity contribution in [1.82, 2.24) is 29.8 Å². The summed E-state index contributed by atoms with van der Waals surface area (Å²) >= 11 is 0. The molecule has 2 aliphatic heterocycles. The highest BCUT2D eigenvalue weighted by Gasteiger charge is 2.43. The summed E-state index contributed by atoms with van der Waals surface area (Å²) in [5.74, 6) is 0.987. The zero-order chi connectivity index (χ0) is 28.1. The van der Waals surface area contributed by atoms with E-state index in [4.69, 9.17) is 0 Å². The van der Waals surface area contributed by atoms with Crippen molar-refractivity contribution in [3.63, 3.8) is 0 Å². The molecule has 1 aromatic carbocycles. The van der Waals surface area contributed by atoms with Crippen LogP contribution in [0, 0.1) is 25.7 Å². The zero-order valence-electron chi connectivity index (χ0n) is 23.0. The first-order valence-electron chi connectivity index (χ1n) is 14.2. The molecule has 6 rings (SSSR count). The number of alkyl halides is 3. The number of amides is 1. The van der Waals surface area contributed by atoms with Gasteiger partial charge in [-0.1, -0.05) is 43.2 Å². The maximum atomic E-state index is 13.6. The molecule has 0 bridgehead atoms. The lowest BCUT2D eigenvalue weighted by atomic mass is 9.76. The molecule has 0 spiro atoms. The van der Waals surface area contributed by atoms with Crippen LogP contribution in [0.15, 0.2) is 42.5 Å². The largest absolute Gasteiger partial charge is 0.435 e. The van der Waals surface area contributed by atoms with Crippen LogP contribution in [0.25, 0.3) is 5.82 Å². The van der Waals surface area contributed by atoms with Gasteiger partial charge in [-0.2, -0.15) is 18.3 Å². The van der Waals surface area contributed by atoms with E-state index >= 15 is 0 Å². The van der Waals surface area contributed by atoms with Gasteiger partial charge >= 0.3 is 6.18 Å². The fraction of sp³-hybridized carbons (Fsp3) is 0.533. The second-order valence-corrected chi connectivity index (χ2v) is 11.8. The molecule has 2 unspecified atom stereocenters. The van der Waals surface area contributed by atoms with Gasteiger partial charge in [0.25, 0.3) is 5.91 Å². The fourth-order valence-corrected chi connectivity index (χ4v) is 7.26. The van der Waals surface area contributed by atoms with Crippen LogP contribution in [-0.2, 0) is 11.6 Å². The van der Waals surface area contributed by atoms with E-state index in [1.807, 2.05) is 4.90 Å². The molecule has 3 aromatic rings. The maximum Gasteiger partial charge on any atom is 0.435 e. The number of fused-ring (bicyclic) bond motifs is 1. The molecule has 0 radical (unpaired) electrons. The second kappa shape index (κ2) is 10.3. The molecule has 10 heteroatoms. The summed E-state index contributed by atoms with van der Waals surface area (Å²) in [5.41, 5.74) is 2.30. The molecular weight excluding hydrogens is 517 g/mol. The van der Waals surface area contributed by atoms with E-state index in [-0.39, 0.29) is 11.7 Å². The zero-order valence-corrected chi connectivity index (χ0v) is 23.0. The molecule has 0 N–H and O–H groups in total. The van der Waals surface area contributed by atoms with Crippen LogP contribution in [0.3, 0.4) is 0 Å². The molecular formula is C30H35F3N6O. The Kier molecular flexibility index (Phi) is 6.92. The number of likely N-dealkylation sites (tertiary alicyclic amines) is 2. The predicted octanol–water partition coefficient (Wildman–Crippen LogP) is 5.20. The van der Waals surface area contributed by atoms with Crippen molar-refractivity contribution in [3.8, 4) is 5.82 Å². The fourth-order valence-electron chi connectivity index (χ4n) is 7.26. The molecule has 1 saturated carbocycles. The van der Waals surface area contributed by atoms with Crippen LogP contribution in [0.4, 0.5) is 13.2 Å². The average Bonchev–Trinajstić information content (AvgIpc) is 3.71. The van der Waals surface area contributed by atoms with Crippen LogP contribution >= 0.6 is 0 Å². The maximum absolute atomic E-state index is 13.6. The summed E-state index contributed by atoms with van der Waals surface area (Å²) in [6.07, 6.45) is 1.76. The minimum Gasteiger partial charge on any atom is -0.338 e. The van der Waals surface area contributed by atoms with E-state index in [1.165, 1.54) is 48.4 Å². The van der Waals surface area contributed by atoms with Crippen molar-refractivity contribution >= 4 is 5.91 Å². The molecule has 212 valence electrons. The van der Waals surface area contributed by atoms with Crippen molar-refractivity contribution in [2.24, 2.45) is 11.8 Å². The van der Waals surface area contributed by atoms with Crippen LogP contribution in [0.5, 0.6) is 0 Å². The molecule has 3 aliphatic rings. The summed E-state index contributed by atoms with van der Waals surface area (Å²) in [4.78, 5) is 18.1. The van der Waals surface area contributed by atoms with Crippen molar-refractivity contribution < 1.29 is 18.0 Å². The molecule has 2 atom stereocenters. The Balaban J connectivity index is 1.09. The lowest BCUT2D eigenvalue weighted by molar-refractivity contribution is -0.141. The summed E-state index contributed by atoms with van der Waals surface area (Å²) in [5, 5.41) is 11.4. The Bertz CT molecular complexity index is 1350. The average molecular weight is 553 g/mol. The van der Waals surface area contributed by atoms with Gasteiger partial charge in [0.2, 0.25) is 0 Å². The Morgan fingerprint density at radius 3 is 2.23 bits per heavy atom. The number of nitrogens with zero attached hydrogens (tertiary/aromatic N) is 6. The topological polar surface area (TPSA) is 67.2 Å². The Morgan fingerprint density at radius 2 is 1.62 bits per heavy atom. The second-order valence-electron chi connectivity index (χ2n) is 11.8. The highest BCUT2D eigenvalue weighted by molar-refractivity contribution is 5.96. The standard InChI is InChI=1S/C30H35F3N6O/c1-20-27(21(2)39(36-20)26-11-10-25(34-35-26)30(31,32)33)28(40)38-18-22-16-37(17-23(22)19-38)15-14-29(12-6-7-13-29)24-8-4-3-5-9-24/h3-5,8-11,22-23H,6-7,12-19H2,1-2H3. The Morgan fingerprint density at radius 1 is 0.950 bits per heavy atom. The number of aryl methyl sites for hydroxylation is 1. The summed E-state index contributed by atoms with van der Waals surface area (Å²) in [6.45, 7) is 8.04. The first-order valence-corrected chi connectivity index (χ1v) is 14.2. The van der Waals surface area contributed by atoms with Crippen molar-refractivity contribution in [2.45, 2.75) is 57.5 Å². The van der Waals surface area contributed by atoms with Gasteiger partial charge in [-0.15, -0.1) is 10.2 Å². The SMILES string of the molecule is Cc1nn(-c2ccc(C(F)(F)F)nn2)c(C)c1C(=O)N1CC2CN(CCC3(c4ccccc4)CCCC3)CC2C1. The molecule has 40 heavy (non-hydrogen) atoms. The summed E-state index contributed by atoms with van der Waals surface area (Å²) in [7, 11) is 0. The number of aromatic nitrogens is 4. The lowest BCUT2D eigenvalue weighted by Crippen LogP contribution is -2.35. The number of hydrogen-bond donors (Lipinski definition) is 0. The van der Waals surface area contributed by atoms with E-state index in [2.05, 4.69) is 50.5 Å². The number of carbonyl (C=O) groups excluding carboxylic acids is 1. The van der Waals surface area contributed by atoms with Gasteiger partial charge in [-0.25, -0.2) is 4.68 Å². The number of carbonyl (C=O) groups is 1. The summed E-state index contributed by atoms with van der Waals surface area (Å²) < 4.78 is 40.1. The van der Waals surface area contributed by atoms with Gasteiger partial charge in [0, 0.05) is 26.2 Å². The number of benzene rings is 1. The van der Waals surface area contributed by atoms with Gasteiger partial charge in [-0.3, -0.25) is 4.79 Å². The molecule has 2 aromatic heterocycles. The van der Waals surface area contributed by atoms with Crippen molar-refractivity contribution in [2.75, 3.05) is 32.7 Å². The van der Waals surface area contributed by atoms with Gasteiger partial charge < -0.3 is 9.80 Å². The van der Waals surface area contributed by atoms with Gasteiger partial charge in [0.1, 0.15) is 0 Å². The van der Waals surface area contributed by atoms with Gasteiger partial charge in [-0.05, 0) is 74.6 Å². The van der Waals surface area contributed by atoms with E-state index in [1.54, 1.807) is 13.8 Å². The molecule has 2 saturated heterocycles. The van der Waals surface area contributed by atoms with Crippen molar-refractivity contribution in [3.05, 3.63) is 70.7 Å². The van der Waals surface area contributed by atoms with E-state index in [0.29, 0.717) is 47.3 Å². The predicted molar refractivity (Wildman–Crippen MR) is 144 cm³/mol. The monoisotopic (exact) mass is 552 g/mol. The van der Waals surface area contributed by atoms with E-state index < -0.39 is 11.9 Å². The van der Waals surface area contributed by atoms with E-state index in [0.717, 1.165) is 25.7 Å². The van der Waals surface area contributed by atoms with Gasteiger partial charge in [0.05, 0.1) is 17.0 Å². The van der Waals surface area contributed by atoms with Crippen molar-refractivity contribution in [1.29, 1.82) is 0 Å². The van der Waals surface area contributed by atoms with Crippen LogP contribution < -0.4 is 0 Å². The highest BCUT2D eigenvalue weighted by Crippen LogP contribution is 2.44. The normalized spacial score (nSPS) is 22.7.